The molecule has 0 atom stereocenters. The Morgan fingerprint density at radius 2 is 2.00 bits per heavy atom. The summed E-state index contributed by atoms with van der Waals surface area (Å²) in [5.74, 6) is -0.201. The lowest BCUT2D eigenvalue weighted by atomic mass is 9.84. The maximum atomic E-state index is 12.5. The van der Waals surface area contributed by atoms with Gasteiger partial charge in [0.2, 0.25) is 11.8 Å². The van der Waals surface area contributed by atoms with Gasteiger partial charge >= 0.3 is 0 Å². The fourth-order valence-corrected chi connectivity index (χ4v) is 3.27. The number of hydrogen-bond donors (Lipinski definition) is 0. The number of halogens is 1. The van der Waals surface area contributed by atoms with Crippen LogP contribution in [0.1, 0.15) is 32.1 Å². The van der Waals surface area contributed by atoms with Crippen molar-refractivity contribution in [1.29, 1.82) is 0 Å². The van der Waals surface area contributed by atoms with E-state index in [4.69, 9.17) is 11.6 Å². The number of carbonyl (C=O) groups is 2. The molecule has 0 aromatic heterocycles. The average molecular weight is 263 g/mol. The number of imide groups is 1. The highest BCUT2D eigenvalue weighted by Gasteiger charge is 2.53. The molecule has 1 spiro atoms. The quantitative estimate of drug-likeness (QED) is 0.730. The zero-order valence-electron chi connectivity index (χ0n) is 9.91. The third kappa shape index (κ3) is 1.57. The van der Waals surface area contributed by atoms with Crippen molar-refractivity contribution in [3.63, 3.8) is 0 Å². The molecule has 1 aromatic carbocycles. The molecule has 4 heteroatoms. The van der Waals surface area contributed by atoms with Crippen LogP contribution in [-0.2, 0) is 9.59 Å². The standard InChI is InChI=1S/C14H13ClNO2/c15-10-5-1-2-6-11(10)16-12(17)9-14(13(16)18)7-3-4-8-14/h2,5-6H,3-4,7-9H2. The second kappa shape index (κ2) is 4.09. The van der Waals surface area contributed by atoms with Crippen molar-refractivity contribution in [2.45, 2.75) is 32.1 Å². The summed E-state index contributed by atoms with van der Waals surface area (Å²) in [7, 11) is 0. The molecule has 3 nitrogen and oxygen atoms in total. The number of amides is 2. The Balaban J connectivity index is 2.01. The van der Waals surface area contributed by atoms with Crippen LogP contribution in [0, 0.1) is 11.5 Å². The second-order valence-corrected chi connectivity index (χ2v) is 5.48. The van der Waals surface area contributed by atoms with Crippen molar-refractivity contribution in [2.75, 3.05) is 4.90 Å². The van der Waals surface area contributed by atoms with Crippen molar-refractivity contribution in [1.82, 2.24) is 0 Å². The zero-order valence-corrected chi connectivity index (χ0v) is 10.7. The van der Waals surface area contributed by atoms with Crippen LogP contribution in [0.25, 0.3) is 0 Å². The molecule has 1 aliphatic carbocycles. The summed E-state index contributed by atoms with van der Waals surface area (Å²) in [5, 5.41) is 0.397. The third-order valence-corrected chi connectivity index (χ3v) is 4.29. The normalized spacial score (nSPS) is 22.2. The molecule has 3 rings (SSSR count). The van der Waals surface area contributed by atoms with Crippen LogP contribution in [0.4, 0.5) is 5.69 Å². The summed E-state index contributed by atoms with van der Waals surface area (Å²) in [4.78, 5) is 25.9. The molecule has 1 saturated heterocycles. The van der Waals surface area contributed by atoms with Crippen LogP contribution in [0.5, 0.6) is 0 Å². The second-order valence-electron chi connectivity index (χ2n) is 5.08. The van der Waals surface area contributed by atoms with Gasteiger partial charge in [-0.1, -0.05) is 30.5 Å². The highest BCUT2D eigenvalue weighted by Crippen LogP contribution is 2.48. The van der Waals surface area contributed by atoms with Gasteiger partial charge < -0.3 is 0 Å². The van der Waals surface area contributed by atoms with Crippen LogP contribution >= 0.6 is 11.6 Å². The van der Waals surface area contributed by atoms with Crippen LogP contribution in [0.2, 0.25) is 5.02 Å². The molecule has 93 valence electrons. The van der Waals surface area contributed by atoms with Gasteiger partial charge in [0.25, 0.3) is 0 Å². The topological polar surface area (TPSA) is 37.4 Å². The van der Waals surface area contributed by atoms with Gasteiger partial charge in [-0.15, -0.1) is 0 Å². The molecule has 1 aromatic rings. The number of hydrogen-bond acceptors (Lipinski definition) is 2. The van der Waals surface area contributed by atoms with E-state index in [0.717, 1.165) is 25.7 Å². The third-order valence-electron chi connectivity index (χ3n) is 3.99. The molecule has 2 fully saturated rings. The van der Waals surface area contributed by atoms with E-state index in [0.29, 0.717) is 17.1 Å². The summed E-state index contributed by atoms with van der Waals surface area (Å²) >= 11 is 6.05. The van der Waals surface area contributed by atoms with Gasteiger partial charge in [-0.25, -0.2) is 4.90 Å². The first-order valence-corrected chi connectivity index (χ1v) is 6.55. The lowest BCUT2D eigenvalue weighted by Crippen LogP contribution is -2.34. The molecular formula is C14H13ClNO2. The average Bonchev–Trinajstić information content (AvgIpc) is 2.89. The molecule has 0 N–H and O–H groups in total. The lowest BCUT2D eigenvalue weighted by Gasteiger charge is -2.21. The first-order valence-electron chi connectivity index (χ1n) is 6.17. The molecule has 18 heavy (non-hydrogen) atoms. The van der Waals surface area contributed by atoms with Gasteiger partial charge in [0.15, 0.2) is 0 Å². The van der Waals surface area contributed by atoms with Crippen molar-refractivity contribution in [3.8, 4) is 0 Å². The van der Waals surface area contributed by atoms with E-state index in [1.807, 2.05) is 0 Å². The largest absolute Gasteiger partial charge is 0.274 e. The first kappa shape index (κ1) is 11.7. The van der Waals surface area contributed by atoms with Crippen LogP contribution in [0.15, 0.2) is 18.2 Å². The number of carbonyl (C=O) groups excluding carboxylic acids is 2. The molecular weight excluding hydrogens is 250 g/mol. The number of anilines is 1. The smallest absolute Gasteiger partial charge is 0.240 e. The highest BCUT2D eigenvalue weighted by molar-refractivity contribution is 6.36. The summed E-state index contributed by atoms with van der Waals surface area (Å²) < 4.78 is 0. The predicted octanol–water partition coefficient (Wildman–Crippen LogP) is 2.96. The molecule has 1 aliphatic heterocycles. The maximum Gasteiger partial charge on any atom is 0.240 e. The van der Waals surface area contributed by atoms with Crippen LogP contribution in [-0.4, -0.2) is 11.8 Å². The SMILES string of the molecule is O=C1CC2(CCCC2)C(=O)N1c1cc[c]cc1Cl. The van der Waals surface area contributed by atoms with Gasteiger partial charge in [0.1, 0.15) is 0 Å². The van der Waals surface area contributed by atoms with Crippen molar-refractivity contribution in [2.24, 2.45) is 5.41 Å². The Labute approximate surface area is 111 Å². The Morgan fingerprint density at radius 1 is 1.28 bits per heavy atom. The minimum atomic E-state index is -0.444. The van der Waals surface area contributed by atoms with Gasteiger partial charge in [-0.2, -0.15) is 0 Å². The summed E-state index contributed by atoms with van der Waals surface area (Å²) in [6, 6.07) is 7.76. The lowest BCUT2D eigenvalue weighted by molar-refractivity contribution is -0.125. The Bertz CT molecular complexity index is 520. The van der Waals surface area contributed by atoms with Crippen molar-refractivity contribution in [3.05, 3.63) is 29.3 Å². The molecule has 0 unspecified atom stereocenters. The monoisotopic (exact) mass is 262 g/mol. The number of benzene rings is 1. The van der Waals surface area contributed by atoms with E-state index in [1.165, 1.54) is 4.90 Å². The summed E-state index contributed by atoms with van der Waals surface area (Å²) in [5.41, 5.74) is 0.0501. The van der Waals surface area contributed by atoms with E-state index in [2.05, 4.69) is 6.07 Å². The highest BCUT2D eigenvalue weighted by atomic mass is 35.5. The number of rotatable bonds is 1. The van der Waals surface area contributed by atoms with Gasteiger partial charge in [-0.3, -0.25) is 9.59 Å². The van der Waals surface area contributed by atoms with Crippen LogP contribution in [0.3, 0.4) is 0 Å². The zero-order chi connectivity index (χ0) is 12.8. The Morgan fingerprint density at radius 3 is 2.67 bits per heavy atom. The van der Waals surface area contributed by atoms with Gasteiger partial charge in [0, 0.05) is 6.42 Å². The fraction of sp³-hybridized carbons (Fsp3) is 0.429. The molecule has 2 aliphatic rings. The molecule has 2 amide bonds. The minimum Gasteiger partial charge on any atom is -0.274 e. The minimum absolute atomic E-state index is 0.0712. The van der Waals surface area contributed by atoms with Crippen molar-refractivity contribution < 1.29 is 9.59 Å². The van der Waals surface area contributed by atoms with Crippen molar-refractivity contribution >= 4 is 29.1 Å². The van der Waals surface area contributed by atoms with Gasteiger partial charge in [-0.05, 0) is 31.0 Å². The van der Waals surface area contributed by atoms with E-state index < -0.39 is 5.41 Å². The predicted molar refractivity (Wildman–Crippen MR) is 68.3 cm³/mol. The Hall–Kier alpha value is -1.35. The molecule has 0 bridgehead atoms. The molecule has 1 radical (unpaired) electrons. The maximum absolute atomic E-state index is 12.5. The Kier molecular flexibility index (Phi) is 2.67. The van der Waals surface area contributed by atoms with Gasteiger partial charge in [0.05, 0.1) is 16.1 Å². The van der Waals surface area contributed by atoms with E-state index in [1.54, 1.807) is 18.2 Å². The van der Waals surface area contributed by atoms with Crippen LogP contribution < -0.4 is 4.90 Å². The van der Waals surface area contributed by atoms with E-state index in [9.17, 15) is 9.59 Å². The summed E-state index contributed by atoms with van der Waals surface area (Å²) in [6.07, 6.45) is 4.04. The van der Waals surface area contributed by atoms with E-state index in [-0.39, 0.29) is 11.8 Å². The van der Waals surface area contributed by atoms with E-state index >= 15 is 0 Å². The first-order chi connectivity index (χ1) is 8.64. The summed E-state index contributed by atoms with van der Waals surface area (Å²) in [6.45, 7) is 0. The molecule has 1 heterocycles. The molecule has 1 saturated carbocycles. The fourth-order valence-electron chi connectivity index (χ4n) is 3.06. The number of nitrogens with zero attached hydrogens (tertiary/aromatic N) is 1.